The number of morpholine rings is 1. The molecule has 1 saturated carbocycles. The maximum atomic E-state index is 12.7. The first kappa shape index (κ1) is 18.4. The summed E-state index contributed by atoms with van der Waals surface area (Å²) < 4.78 is 11.0. The number of carbonyl (C=O) groups excluding carboxylic acids is 1. The van der Waals surface area contributed by atoms with E-state index in [1.165, 1.54) is 0 Å². The van der Waals surface area contributed by atoms with Crippen LogP contribution in [-0.4, -0.2) is 58.0 Å². The van der Waals surface area contributed by atoms with Gasteiger partial charge in [0.1, 0.15) is 5.78 Å². The molecule has 0 amide bonds. The third-order valence-corrected chi connectivity index (χ3v) is 6.02. The van der Waals surface area contributed by atoms with Gasteiger partial charge in [-0.05, 0) is 25.0 Å². The number of aryl methyl sites for hydroxylation is 1. The second kappa shape index (κ2) is 7.65. The standard InChI is InChI=1S/C22H24N4O3/c1-14-23-13-22(29-14)17-6-15-7-18(24-12-20(15)25-11-17)10-21(27)16-8-19(9-16)26-2-4-28-5-3-26/h6-7,11-13,16,19H,2-5,8-10H2,1H3. The Bertz CT molecular complexity index is 1040. The largest absolute Gasteiger partial charge is 0.441 e. The third kappa shape index (κ3) is 3.80. The molecule has 4 heterocycles. The van der Waals surface area contributed by atoms with Crippen molar-refractivity contribution in [2.75, 3.05) is 26.3 Å². The molecule has 2 aliphatic rings. The van der Waals surface area contributed by atoms with Gasteiger partial charge in [-0.2, -0.15) is 0 Å². The number of hydrogen-bond acceptors (Lipinski definition) is 7. The second-order valence-corrected chi connectivity index (χ2v) is 7.95. The molecule has 5 rings (SSSR count). The lowest BCUT2D eigenvalue weighted by Crippen LogP contribution is -2.51. The van der Waals surface area contributed by atoms with E-state index in [1.54, 1.807) is 18.6 Å². The summed E-state index contributed by atoms with van der Waals surface area (Å²) in [6.45, 7) is 5.39. The Balaban J connectivity index is 1.26. The molecule has 0 N–H and O–H groups in total. The van der Waals surface area contributed by atoms with Gasteiger partial charge in [0.15, 0.2) is 11.7 Å². The van der Waals surface area contributed by atoms with Gasteiger partial charge in [0, 0.05) is 61.2 Å². The number of ketones is 1. The highest BCUT2D eigenvalue weighted by atomic mass is 16.5. The summed E-state index contributed by atoms with van der Waals surface area (Å²) in [5.74, 6) is 1.75. The molecule has 7 nitrogen and oxygen atoms in total. The third-order valence-electron chi connectivity index (χ3n) is 6.02. The summed E-state index contributed by atoms with van der Waals surface area (Å²) in [4.78, 5) is 28.2. The first-order valence-corrected chi connectivity index (χ1v) is 10.2. The van der Waals surface area contributed by atoms with Crippen molar-refractivity contribution in [3.63, 3.8) is 0 Å². The molecule has 0 unspecified atom stereocenters. The highest BCUT2D eigenvalue weighted by molar-refractivity contribution is 5.86. The van der Waals surface area contributed by atoms with Crippen molar-refractivity contribution in [3.8, 4) is 11.3 Å². The van der Waals surface area contributed by atoms with Crippen LogP contribution in [-0.2, 0) is 16.0 Å². The molecule has 1 aliphatic carbocycles. The SMILES string of the molecule is Cc1ncc(-c2cnc3cnc(CC(=O)C4CC(N5CCOCC5)C4)cc3c2)o1. The van der Waals surface area contributed by atoms with Crippen LogP contribution in [0.3, 0.4) is 0 Å². The van der Waals surface area contributed by atoms with E-state index in [4.69, 9.17) is 9.15 Å². The summed E-state index contributed by atoms with van der Waals surface area (Å²) in [5.41, 5.74) is 2.47. The van der Waals surface area contributed by atoms with Crippen LogP contribution in [0.4, 0.5) is 0 Å². The molecule has 3 aromatic rings. The van der Waals surface area contributed by atoms with Crippen LogP contribution in [0.1, 0.15) is 24.4 Å². The molecule has 0 atom stereocenters. The van der Waals surface area contributed by atoms with Crippen LogP contribution in [0, 0.1) is 12.8 Å². The molecule has 150 valence electrons. The summed E-state index contributed by atoms with van der Waals surface area (Å²) >= 11 is 0. The van der Waals surface area contributed by atoms with Crippen LogP contribution >= 0.6 is 0 Å². The fourth-order valence-corrected chi connectivity index (χ4v) is 4.22. The van der Waals surface area contributed by atoms with Crippen molar-refractivity contribution in [3.05, 3.63) is 42.3 Å². The number of oxazole rings is 1. The molecular formula is C22H24N4O3. The molecule has 0 radical (unpaired) electrons. The normalized spacial score (nSPS) is 22.5. The molecular weight excluding hydrogens is 368 g/mol. The fraction of sp³-hybridized carbons (Fsp3) is 0.455. The zero-order chi connectivity index (χ0) is 19.8. The lowest BCUT2D eigenvalue weighted by molar-refractivity contribution is -0.127. The summed E-state index contributed by atoms with van der Waals surface area (Å²) in [5, 5.41) is 0.953. The Morgan fingerprint density at radius 2 is 1.93 bits per heavy atom. The smallest absolute Gasteiger partial charge is 0.191 e. The highest BCUT2D eigenvalue weighted by Crippen LogP contribution is 2.33. The van der Waals surface area contributed by atoms with Crippen molar-refractivity contribution in [1.29, 1.82) is 0 Å². The highest BCUT2D eigenvalue weighted by Gasteiger charge is 2.38. The zero-order valence-electron chi connectivity index (χ0n) is 16.5. The van der Waals surface area contributed by atoms with Gasteiger partial charge >= 0.3 is 0 Å². The predicted octanol–water partition coefficient (Wildman–Crippen LogP) is 2.82. The van der Waals surface area contributed by atoms with Crippen LogP contribution in [0.2, 0.25) is 0 Å². The number of Topliss-reactive ketones (excluding diaryl/α,β-unsaturated/α-hetero) is 1. The Labute approximate surface area is 169 Å². The molecule has 1 saturated heterocycles. The number of aromatic nitrogens is 3. The molecule has 3 aromatic heterocycles. The van der Waals surface area contributed by atoms with E-state index < -0.39 is 0 Å². The van der Waals surface area contributed by atoms with E-state index >= 15 is 0 Å². The minimum Gasteiger partial charge on any atom is -0.441 e. The monoisotopic (exact) mass is 392 g/mol. The molecule has 2 fully saturated rings. The predicted molar refractivity (Wildman–Crippen MR) is 107 cm³/mol. The van der Waals surface area contributed by atoms with Crippen molar-refractivity contribution in [1.82, 2.24) is 19.9 Å². The minimum absolute atomic E-state index is 0.155. The van der Waals surface area contributed by atoms with Gasteiger partial charge in [-0.25, -0.2) is 4.98 Å². The molecule has 0 aromatic carbocycles. The van der Waals surface area contributed by atoms with E-state index in [-0.39, 0.29) is 11.7 Å². The zero-order valence-corrected chi connectivity index (χ0v) is 16.5. The van der Waals surface area contributed by atoms with E-state index in [1.807, 2.05) is 19.1 Å². The Kier molecular flexibility index (Phi) is 4.85. The van der Waals surface area contributed by atoms with Gasteiger partial charge in [0.05, 0.1) is 31.1 Å². The van der Waals surface area contributed by atoms with Crippen LogP contribution in [0.15, 0.2) is 35.1 Å². The van der Waals surface area contributed by atoms with Gasteiger partial charge in [0.2, 0.25) is 0 Å². The molecule has 0 spiro atoms. The van der Waals surface area contributed by atoms with Crippen molar-refractivity contribution < 1.29 is 13.9 Å². The van der Waals surface area contributed by atoms with E-state index in [9.17, 15) is 4.79 Å². The summed E-state index contributed by atoms with van der Waals surface area (Å²) in [6, 6.07) is 4.51. The van der Waals surface area contributed by atoms with E-state index in [2.05, 4.69) is 19.9 Å². The molecule has 29 heavy (non-hydrogen) atoms. The number of fused-ring (bicyclic) bond motifs is 1. The van der Waals surface area contributed by atoms with Crippen LogP contribution in [0.25, 0.3) is 22.2 Å². The number of pyridine rings is 2. The van der Waals surface area contributed by atoms with E-state index in [0.29, 0.717) is 24.1 Å². The van der Waals surface area contributed by atoms with Gasteiger partial charge in [-0.15, -0.1) is 0 Å². The number of ether oxygens (including phenoxy) is 1. The van der Waals surface area contributed by atoms with Gasteiger partial charge in [-0.3, -0.25) is 19.7 Å². The topological polar surface area (TPSA) is 81.4 Å². The maximum Gasteiger partial charge on any atom is 0.191 e. The van der Waals surface area contributed by atoms with Crippen molar-refractivity contribution >= 4 is 16.7 Å². The average Bonchev–Trinajstić information content (AvgIpc) is 3.13. The first-order chi connectivity index (χ1) is 14.2. The van der Waals surface area contributed by atoms with Crippen LogP contribution < -0.4 is 0 Å². The summed E-state index contributed by atoms with van der Waals surface area (Å²) in [6.07, 6.45) is 7.50. The quantitative estimate of drug-likeness (QED) is 0.660. The first-order valence-electron chi connectivity index (χ1n) is 10.2. The second-order valence-electron chi connectivity index (χ2n) is 7.95. The van der Waals surface area contributed by atoms with Gasteiger partial charge in [0.25, 0.3) is 0 Å². The Morgan fingerprint density at radius 3 is 2.69 bits per heavy atom. The lowest BCUT2D eigenvalue weighted by atomic mass is 9.75. The number of rotatable bonds is 5. The maximum absolute atomic E-state index is 12.7. The van der Waals surface area contributed by atoms with Crippen molar-refractivity contribution in [2.45, 2.75) is 32.2 Å². The number of carbonyl (C=O) groups is 1. The average molecular weight is 392 g/mol. The number of nitrogens with zero attached hydrogens (tertiary/aromatic N) is 4. The lowest BCUT2D eigenvalue weighted by Gasteiger charge is -2.43. The van der Waals surface area contributed by atoms with Gasteiger partial charge in [-0.1, -0.05) is 0 Å². The summed E-state index contributed by atoms with van der Waals surface area (Å²) in [7, 11) is 0. The van der Waals surface area contributed by atoms with Gasteiger partial charge < -0.3 is 9.15 Å². The number of hydrogen-bond donors (Lipinski definition) is 0. The molecule has 0 bridgehead atoms. The minimum atomic E-state index is 0.155. The Morgan fingerprint density at radius 1 is 1.10 bits per heavy atom. The molecule has 7 heteroatoms. The Hall–Kier alpha value is -2.64. The van der Waals surface area contributed by atoms with Crippen LogP contribution in [0.5, 0.6) is 0 Å². The fourth-order valence-electron chi connectivity index (χ4n) is 4.22. The van der Waals surface area contributed by atoms with Crippen molar-refractivity contribution in [2.24, 2.45) is 5.92 Å². The molecule has 1 aliphatic heterocycles. The van der Waals surface area contributed by atoms with E-state index in [0.717, 1.165) is 61.3 Å².